The van der Waals surface area contributed by atoms with Gasteiger partial charge >= 0.3 is 5.97 Å². The molecule has 0 aliphatic carbocycles. The number of halogens is 1. The summed E-state index contributed by atoms with van der Waals surface area (Å²) in [6.45, 7) is 2.09. The van der Waals surface area contributed by atoms with Crippen molar-refractivity contribution in [3.05, 3.63) is 65.0 Å². The first-order chi connectivity index (χ1) is 9.08. The first-order valence-corrected chi connectivity index (χ1v) is 5.89. The van der Waals surface area contributed by atoms with Gasteiger partial charge in [0.15, 0.2) is 0 Å². The van der Waals surface area contributed by atoms with Crippen molar-refractivity contribution in [2.24, 2.45) is 0 Å². The highest BCUT2D eigenvalue weighted by atomic mass is 19.1. The quantitative estimate of drug-likeness (QED) is 0.884. The number of aryl methyl sites for hydroxylation is 1. The molecule has 0 aliphatic heterocycles. The Morgan fingerprint density at radius 1 is 1.26 bits per heavy atom. The molecule has 0 spiro atoms. The molecule has 2 rings (SSSR count). The highest BCUT2D eigenvalue weighted by molar-refractivity contribution is 5.89. The lowest BCUT2D eigenvalue weighted by Crippen LogP contribution is -2.04. The Balaban J connectivity index is 2.11. The predicted octanol–water partition coefficient (Wildman–Crippen LogP) is 3.44. The lowest BCUT2D eigenvalue weighted by Gasteiger charge is -2.09. The maximum Gasteiger partial charge on any atom is 0.335 e. The second-order valence-corrected chi connectivity index (χ2v) is 4.28. The van der Waals surface area contributed by atoms with Crippen LogP contribution in [0.5, 0.6) is 0 Å². The summed E-state index contributed by atoms with van der Waals surface area (Å²) < 4.78 is 13.4. The summed E-state index contributed by atoms with van der Waals surface area (Å²) in [7, 11) is 0. The van der Waals surface area contributed by atoms with Crippen LogP contribution in [0.1, 0.15) is 21.5 Å². The predicted molar refractivity (Wildman–Crippen MR) is 71.9 cm³/mol. The molecule has 2 aromatic carbocycles. The molecule has 0 radical (unpaired) electrons. The zero-order chi connectivity index (χ0) is 13.8. The summed E-state index contributed by atoms with van der Waals surface area (Å²) in [5.41, 5.74) is 2.29. The fourth-order valence-corrected chi connectivity index (χ4v) is 1.85. The van der Waals surface area contributed by atoms with Gasteiger partial charge in [-0.25, -0.2) is 9.18 Å². The number of benzene rings is 2. The molecule has 19 heavy (non-hydrogen) atoms. The Bertz CT molecular complexity index is 611. The van der Waals surface area contributed by atoms with Crippen molar-refractivity contribution in [1.82, 2.24) is 0 Å². The van der Waals surface area contributed by atoms with E-state index in [1.165, 1.54) is 6.07 Å². The van der Waals surface area contributed by atoms with Gasteiger partial charge in [-0.2, -0.15) is 0 Å². The van der Waals surface area contributed by atoms with E-state index in [4.69, 9.17) is 5.11 Å². The molecule has 0 aliphatic rings. The average Bonchev–Trinajstić information content (AvgIpc) is 2.37. The van der Waals surface area contributed by atoms with Crippen molar-refractivity contribution in [3.8, 4) is 0 Å². The van der Waals surface area contributed by atoms with E-state index in [0.717, 1.165) is 5.69 Å². The summed E-state index contributed by atoms with van der Waals surface area (Å²) in [6.07, 6.45) is 0. The second kappa shape index (κ2) is 5.52. The fraction of sp³-hybridized carbons (Fsp3) is 0.133. The van der Waals surface area contributed by atoms with Gasteiger partial charge in [0.2, 0.25) is 0 Å². The Kier molecular flexibility index (Phi) is 3.80. The maximum absolute atomic E-state index is 13.4. The number of carboxylic acids is 1. The SMILES string of the molecule is Cc1cc(NCc2ccccc2F)ccc1C(=O)O. The van der Waals surface area contributed by atoms with Crippen LogP contribution >= 0.6 is 0 Å². The molecule has 0 heterocycles. The van der Waals surface area contributed by atoms with Crippen LogP contribution < -0.4 is 5.32 Å². The maximum atomic E-state index is 13.4. The molecule has 0 bridgehead atoms. The van der Waals surface area contributed by atoms with Gasteiger partial charge in [0.1, 0.15) is 5.82 Å². The van der Waals surface area contributed by atoms with Crippen LogP contribution in [0, 0.1) is 12.7 Å². The topological polar surface area (TPSA) is 49.3 Å². The van der Waals surface area contributed by atoms with Crippen molar-refractivity contribution in [2.75, 3.05) is 5.32 Å². The van der Waals surface area contributed by atoms with Crippen LogP contribution in [0.15, 0.2) is 42.5 Å². The van der Waals surface area contributed by atoms with Crippen LogP contribution in [-0.2, 0) is 6.54 Å². The van der Waals surface area contributed by atoms with Gasteiger partial charge in [-0.15, -0.1) is 0 Å². The van der Waals surface area contributed by atoms with Crippen LogP contribution in [0.2, 0.25) is 0 Å². The molecular weight excluding hydrogens is 245 g/mol. The van der Waals surface area contributed by atoms with Gasteiger partial charge in [-0.1, -0.05) is 18.2 Å². The molecule has 98 valence electrons. The van der Waals surface area contributed by atoms with E-state index in [1.807, 2.05) is 0 Å². The van der Waals surface area contributed by atoms with Crippen molar-refractivity contribution < 1.29 is 14.3 Å². The second-order valence-electron chi connectivity index (χ2n) is 4.28. The van der Waals surface area contributed by atoms with Crippen molar-refractivity contribution >= 4 is 11.7 Å². The molecule has 0 saturated carbocycles. The van der Waals surface area contributed by atoms with Crippen LogP contribution in [0.4, 0.5) is 10.1 Å². The van der Waals surface area contributed by atoms with E-state index in [9.17, 15) is 9.18 Å². The summed E-state index contributed by atoms with van der Waals surface area (Å²) in [4.78, 5) is 10.9. The molecule has 2 N–H and O–H groups in total. The third kappa shape index (κ3) is 3.10. The van der Waals surface area contributed by atoms with Crippen molar-refractivity contribution in [2.45, 2.75) is 13.5 Å². The third-order valence-corrected chi connectivity index (χ3v) is 2.90. The molecule has 0 saturated heterocycles. The number of hydrogen-bond donors (Lipinski definition) is 2. The third-order valence-electron chi connectivity index (χ3n) is 2.90. The zero-order valence-corrected chi connectivity index (χ0v) is 10.5. The smallest absolute Gasteiger partial charge is 0.335 e. The highest BCUT2D eigenvalue weighted by Gasteiger charge is 2.07. The first-order valence-electron chi connectivity index (χ1n) is 5.89. The molecule has 0 aromatic heterocycles. The summed E-state index contributed by atoms with van der Waals surface area (Å²) in [5.74, 6) is -1.20. The van der Waals surface area contributed by atoms with E-state index in [2.05, 4.69) is 5.32 Å². The largest absolute Gasteiger partial charge is 0.478 e. The number of nitrogens with one attached hydrogen (secondary N) is 1. The van der Waals surface area contributed by atoms with Gasteiger partial charge < -0.3 is 10.4 Å². The van der Waals surface area contributed by atoms with Crippen LogP contribution in [-0.4, -0.2) is 11.1 Å². The number of carbonyl (C=O) groups is 1. The Labute approximate surface area is 110 Å². The number of aromatic carboxylic acids is 1. The molecule has 0 amide bonds. The molecule has 0 atom stereocenters. The molecule has 3 nitrogen and oxygen atoms in total. The Morgan fingerprint density at radius 3 is 2.63 bits per heavy atom. The fourth-order valence-electron chi connectivity index (χ4n) is 1.85. The van der Waals surface area contributed by atoms with E-state index in [0.29, 0.717) is 17.7 Å². The first kappa shape index (κ1) is 13.1. The normalized spacial score (nSPS) is 10.2. The number of hydrogen-bond acceptors (Lipinski definition) is 2. The number of anilines is 1. The average molecular weight is 259 g/mol. The van der Waals surface area contributed by atoms with E-state index < -0.39 is 5.97 Å². The van der Waals surface area contributed by atoms with Crippen molar-refractivity contribution in [3.63, 3.8) is 0 Å². The minimum absolute atomic E-state index is 0.256. The van der Waals surface area contributed by atoms with Gasteiger partial charge in [-0.05, 0) is 36.8 Å². The highest BCUT2D eigenvalue weighted by Crippen LogP contribution is 2.16. The molecular formula is C15H14FNO2. The van der Waals surface area contributed by atoms with Crippen molar-refractivity contribution in [1.29, 1.82) is 0 Å². The molecule has 0 unspecified atom stereocenters. The molecule has 2 aromatic rings. The van der Waals surface area contributed by atoms with Crippen LogP contribution in [0.3, 0.4) is 0 Å². The summed E-state index contributed by atoms with van der Waals surface area (Å²) in [6, 6.07) is 11.5. The molecule has 4 heteroatoms. The van der Waals surface area contributed by atoms with Gasteiger partial charge in [-0.3, -0.25) is 0 Å². The minimum Gasteiger partial charge on any atom is -0.478 e. The number of rotatable bonds is 4. The lowest BCUT2D eigenvalue weighted by atomic mass is 10.1. The van der Waals surface area contributed by atoms with E-state index >= 15 is 0 Å². The van der Waals surface area contributed by atoms with Gasteiger partial charge in [0.25, 0.3) is 0 Å². The van der Waals surface area contributed by atoms with E-state index in [1.54, 1.807) is 43.3 Å². The Hall–Kier alpha value is -2.36. The summed E-state index contributed by atoms with van der Waals surface area (Å²) in [5, 5.41) is 12.0. The lowest BCUT2D eigenvalue weighted by molar-refractivity contribution is 0.0696. The molecule has 0 fully saturated rings. The number of carboxylic acid groups (broad SMARTS) is 1. The van der Waals surface area contributed by atoms with Crippen LogP contribution in [0.25, 0.3) is 0 Å². The van der Waals surface area contributed by atoms with Gasteiger partial charge in [0, 0.05) is 17.8 Å². The van der Waals surface area contributed by atoms with Gasteiger partial charge in [0.05, 0.1) is 5.56 Å². The van der Waals surface area contributed by atoms with E-state index in [-0.39, 0.29) is 11.4 Å². The monoisotopic (exact) mass is 259 g/mol. The standard InChI is InChI=1S/C15H14FNO2/c1-10-8-12(6-7-13(10)15(18)19)17-9-11-4-2-3-5-14(11)16/h2-8,17H,9H2,1H3,(H,18,19). The zero-order valence-electron chi connectivity index (χ0n) is 10.5. The minimum atomic E-state index is -0.946. The Morgan fingerprint density at radius 2 is 2.00 bits per heavy atom. The summed E-state index contributed by atoms with van der Waals surface area (Å²) >= 11 is 0.